The van der Waals surface area contributed by atoms with Crippen LogP contribution >= 0.6 is 0 Å². The summed E-state index contributed by atoms with van der Waals surface area (Å²) < 4.78 is 7.47. The fourth-order valence-electron chi connectivity index (χ4n) is 3.94. The van der Waals surface area contributed by atoms with Crippen molar-refractivity contribution in [2.45, 2.75) is 38.4 Å². The van der Waals surface area contributed by atoms with E-state index in [9.17, 15) is 4.79 Å². The van der Waals surface area contributed by atoms with Gasteiger partial charge in [0.25, 0.3) is 0 Å². The second-order valence-corrected chi connectivity index (χ2v) is 7.14. The highest BCUT2D eigenvalue weighted by atomic mass is 16.5. The third kappa shape index (κ3) is 3.19. The summed E-state index contributed by atoms with van der Waals surface area (Å²) in [6.45, 7) is 3.48. The van der Waals surface area contributed by atoms with E-state index in [0.29, 0.717) is 6.42 Å². The summed E-state index contributed by atoms with van der Waals surface area (Å²) in [5.41, 5.74) is 0.977. The van der Waals surface area contributed by atoms with Gasteiger partial charge in [0.1, 0.15) is 11.6 Å². The Kier molecular flexibility index (Phi) is 4.63. The molecule has 0 aliphatic carbocycles. The lowest BCUT2D eigenvalue weighted by molar-refractivity contribution is -0.131. The van der Waals surface area contributed by atoms with Crippen molar-refractivity contribution in [1.82, 2.24) is 24.6 Å². The van der Waals surface area contributed by atoms with E-state index in [-0.39, 0.29) is 11.9 Å². The van der Waals surface area contributed by atoms with Gasteiger partial charge >= 0.3 is 0 Å². The number of aromatic nitrogens is 3. The van der Waals surface area contributed by atoms with Crippen molar-refractivity contribution in [2.24, 2.45) is 0 Å². The van der Waals surface area contributed by atoms with Crippen LogP contribution in [0.25, 0.3) is 0 Å². The Bertz CT molecular complexity index is 803. The molecule has 138 valence electrons. The molecule has 1 amide bonds. The topological polar surface area (TPSA) is 63.5 Å². The average molecular weight is 355 g/mol. The van der Waals surface area contributed by atoms with Crippen molar-refractivity contribution in [1.29, 1.82) is 0 Å². The van der Waals surface area contributed by atoms with Crippen LogP contribution in [0.15, 0.2) is 24.3 Å². The van der Waals surface area contributed by atoms with Crippen molar-refractivity contribution >= 4 is 5.91 Å². The van der Waals surface area contributed by atoms with Gasteiger partial charge in [0.05, 0.1) is 26.1 Å². The highest BCUT2D eigenvalue weighted by molar-refractivity contribution is 5.79. The van der Waals surface area contributed by atoms with Gasteiger partial charge in [0.15, 0.2) is 5.82 Å². The zero-order valence-corrected chi connectivity index (χ0v) is 15.4. The normalized spacial score (nSPS) is 20.2. The Morgan fingerprint density at radius 1 is 1.27 bits per heavy atom. The van der Waals surface area contributed by atoms with E-state index in [2.05, 4.69) is 26.7 Å². The largest absolute Gasteiger partial charge is 0.497 e. The molecule has 1 aromatic carbocycles. The molecule has 0 spiro atoms. The lowest BCUT2D eigenvalue weighted by Crippen LogP contribution is -2.35. The maximum atomic E-state index is 13.0. The van der Waals surface area contributed by atoms with E-state index < -0.39 is 0 Å². The molecular weight excluding hydrogens is 330 g/mol. The van der Waals surface area contributed by atoms with Crippen LogP contribution in [0.4, 0.5) is 0 Å². The molecule has 1 unspecified atom stereocenters. The SMILES string of the molecule is COc1cccc(CC(=O)N2CCCC2c2nnc3n2CCN(C)C3)c1. The number of hydrogen-bond donors (Lipinski definition) is 0. The number of hydrogen-bond acceptors (Lipinski definition) is 5. The zero-order valence-electron chi connectivity index (χ0n) is 15.4. The third-order valence-corrected chi connectivity index (χ3v) is 5.33. The number of likely N-dealkylation sites (tertiary alicyclic amines) is 1. The minimum absolute atomic E-state index is 0.0396. The molecule has 4 rings (SSSR count). The van der Waals surface area contributed by atoms with Crippen LogP contribution in [-0.2, 0) is 24.3 Å². The maximum Gasteiger partial charge on any atom is 0.227 e. The van der Waals surface area contributed by atoms with Crippen LogP contribution < -0.4 is 4.74 Å². The van der Waals surface area contributed by atoms with Gasteiger partial charge in [-0.1, -0.05) is 12.1 Å². The third-order valence-electron chi connectivity index (χ3n) is 5.33. The summed E-state index contributed by atoms with van der Waals surface area (Å²) in [5.74, 6) is 2.88. The quantitative estimate of drug-likeness (QED) is 0.834. The van der Waals surface area contributed by atoms with Crippen molar-refractivity contribution in [3.8, 4) is 5.75 Å². The molecule has 0 bridgehead atoms. The van der Waals surface area contributed by atoms with Gasteiger partial charge in [0, 0.05) is 19.6 Å². The van der Waals surface area contributed by atoms with Crippen molar-refractivity contribution in [3.63, 3.8) is 0 Å². The molecule has 0 saturated carbocycles. The summed E-state index contributed by atoms with van der Waals surface area (Å²) in [5, 5.41) is 8.82. The predicted molar refractivity (Wildman–Crippen MR) is 96.7 cm³/mol. The number of carbonyl (C=O) groups is 1. The number of rotatable bonds is 4. The van der Waals surface area contributed by atoms with Crippen LogP contribution in [0.2, 0.25) is 0 Å². The highest BCUT2D eigenvalue weighted by Gasteiger charge is 2.34. The number of likely N-dealkylation sites (N-methyl/N-ethyl adjacent to an activating group) is 1. The molecule has 26 heavy (non-hydrogen) atoms. The van der Waals surface area contributed by atoms with E-state index in [4.69, 9.17) is 4.74 Å². The van der Waals surface area contributed by atoms with Gasteiger partial charge in [-0.3, -0.25) is 9.69 Å². The van der Waals surface area contributed by atoms with Gasteiger partial charge in [-0.25, -0.2) is 0 Å². The maximum absolute atomic E-state index is 13.0. The first kappa shape index (κ1) is 17.0. The van der Waals surface area contributed by atoms with E-state index in [1.807, 2.05) is 29.2 Å². The van der Waals surface area contributed by atoms with Crippen molar-refractivity contribution < 1.29 is 9.53 Å². The van der Waals surface area contributed by atoms with Gasteiger partial charge < -0.3 is 14.2 Å². The molecule has 7 heteroatoms. The number of ether oxygens (including phenoxy) is 1. The van der Waals surface area contributed by atoms with Crippen molar-refractivity contribution in [2.75, 3.05) is 27.2 Å². The van der Waals surface area contributed by atoms with E-state index >= 15 is 0 Å². The van der Waals surface area contributed by atoms with Crippen LogP contribution in [0, 0.1) is 0 Å². The number of benzene rings is 1. The summed E-state index contributed by atoms with van der Waals surface area (Å²) in [6.07, 6.45) is 2.35. The fraction of sp³-hybridized carbons (Fsp3) is 0.526. The Labute approximate surface area is 153 Å². The number of nitrogens with zero attached hydrogens (tertiary/aromatic N) is 5. The van der Waals surface area contributed by atoms with E-state index in [0.717, 1.165) is 62.0 Å². The summed E-state index contributed by atoms with van der Waals surface area (Å²) >= 11 is 0. The number of fused-ring (bicyclic) bond motifs is 1. The zero-order chi connectivity index (χ0) is 18.1. The second kappa shape index (κ2) is 7.07. The fourth-order valence-corrected chi connectivity index (χ4v) is 3.94. The Balaban J connectivity index is 1.52. The lowest BCUT2D eigenvalue weighted by Gasteiger charge is -2.28. The molecule has 3 heterocycles. The van der Waals surface area contributed by atoms with Gasteiger partial charge in [-0.2, -0.15) is 0 Å². The van der Waals surface area contributed by atoms with Gasteiger partial charge in [0.2, 0.25) is 5.91 Å². The summed E-state index contributed by atoms with van der Waals surface area (Å²) in [7, 11) is 3.74. The molecule has 0 radical (unpaired) electrons. The first-order valence-electron chi connectivity index (χ1n) is 9.18. The molecule has 1 fully saturated rings. The molecular formula is C19H25N5O2. The molecule has 2 aromatic rings. The Morgan fingerprint density at radius 2 is 2.15 bits per heavy atom. The van der Waals surface area contributed by atoms with E-state index in [1.54, 1.807) is 7.11 Å². The lowest BCUT2D eigenvalue weighted by atomic mass is 10.1. The van der Waals surface area contributed by atoms with Gasteiger partial charge in [-0.05, 0) is 37.6 Å². The minimum atomic E-state index is 0.0396. The number of carbonyl (C=O) groups excluding carboxylic acids is 1. The first-order chi connectivity index (χ1) is 12.7. The molecule has 7 nitrogen and oxygen atoms in total. The van der Waals surface area contributed by atoms with Crippen molar-refractivity contribution in [3.05, 3.63) is 41.5 Å². The number of amides is 1. The number of methoxy groups -OCH3 is 1. The monoisotopic (exact) mass is 355 g/mol. The minimum Gasteiger partial charge on any atom is -0.497 e. The van der Waals surface area contributed by atoms with Crippen LogP contribution in [0.1, 0.15) is 36.1 Å². The summed E-state index contributed by atoms with van der Waals surface area (Å²) in [4.78, 5) is 17.2. The smallest absolute Gasteiger partial charge is 0.227 e. The van der Waals surface area contributed by atoms with Crippen LogP contribution in [0.3, 0.4) is 0 Å². The molecule has 2 aliphatic rings. The standard InChI is InChI=1S/C19H25N5O2/c1-22-9-10-24-17(13-22)20-21-19(24)16-7-4-8-23(16)18(25)12-14-5-3-6-15(11-14)26-2/h3,5-6,11,16H,4,7-10,12-13H2,1-2H3. The summed E-state index contributed by atoms with van der Waals surface area (Å²) in [6, 6.07) is 7.76. The first-order valence-corrected chi connectivity index (χ1v) is 9.18. The molecule has 1 saturated heterocycles. The molecule has 1 atom stereocenters. The molecule has 0 N–H and O–H groups in total. The Morgan fingerprint density at radius 3 is 3.00 bits per heavy atom. The molecule has 1 aromatic heterocycles. The Hall–Kier alpha value is -2.41. The highest BCUT2D eigenvalue weighted by Crippen LogP contribution is 2.32. The van der Waals surface area contributed by atoms with Crippen LogP contribution in [-0.4, -0.2) is 57.7 Å². The van der Waals surface area contributed by atoms with Gasteiger partial charge in [-0.15, -0.1) is 10.2 Å². The van der Waals surface area contributed by atoms with Crippen LogP contribution in [0.5, 0.6) is 5.75 Å². The second-order valence-electron chi connectivity index (χ2n) is 7.14. The van der Waals surface area contributed by atoms with E-state index in [1.165, 1.54) is 0 Å². The average Bonchev–Trinajstić information content (AvgIpc) is 3.27. The molecule has 2 aliphatic heterocycles. The predicted octanol–water partition coefficient (Wildman–Crippen LogP) is 1.64.